The smallest absolute Gasteiger partial charge is 0.262 e. The zero-order valence-electron chi connectivity index (χ0n) is 14.5. The van der Waals surface area contributed by atoms with Crippen LogP contribution in [0.1, 0.15) is 24.2 Å². The van der Waals surface area contributed by atoms with Gasteiger partial charge in [0.05, 0.1) is 0 Å². The first-order valence-electron chi connectivity index (χ1n) is 8.26. The number of hydrogen-bond donors (Lipinski definition) is 1. The van der Waals surface area contributed by atoms with Crippen molar-refractivity contribution in [3.63, 3.8) is 0 Å². The maximum Gasteiger partial charge on any atom is 0.262 e. The van der Waals surface area contributed by atoms with Crippen LogP contribution in [0.3, 0.4) is 0 Å². The van der Waals surface area contributed by atoms with E-state index in [9.17, 15) is 8.42 Å². The number of halogens is 1. The lowest BCUT2D eigenvalue weighted by Gasteiger charge is -2.16. The topological polar surface area (TPSA) is 81.2 Å². The first-order valence-corrected chi connectivity index (χ1v) is 9.70. The number of aryl methyl sites for hydroxylation is 2. The highest BCUT2D eigenvalue weighted by atomic mass is 35.5. The van der Waals surface area contributed by atoms with E-state index in [2.05, 4.69) is 4.98 Å². The highest BCUT2D eigenvalue weighted by Gasteiger charge is 2.40. The van der Waals surface area contributed by atoms with Gasteiger partial charge in [0.2, 0.25) is 0 Å². The molecule has 1 saturated heterocycles. The van der Waals surface area contributed by atoms with Crippen LogP contribution in [-0.4, -0.2) is 41.9 Å². The Morgan fingerprint density at radius 3 is 2.48 bits per heavy atom. The van der Waals surface area contributed by atoms with E-state index in [0.29, 0.717) is 32.0 Å². The van der Waals surface area contributed by atoms with Crippen LogP contribution in [-0.2, 0) is 16.6 Å². The molecule has 8 heteroatoms. The third kappa shape index (κ3) is 3.74. The molecular weight excluding hydrogens is 360 g/mol. The minimum absolute atomic E-state index is 0. The Kier molecular flexibility index (Phi) is 6.26. The van der Waals surface area contributed by atoms with Crippen LogP contribution in [0.4, 0.5) is 0 Å². The van der Waals surface area contributed by atoms with E-state index < -0.39 is 10.0 Å². The third-order valence-electron chi connectivity index (χ3n) is 4.84. The molecule has 0 amide bonds. The molecule has 0 aliphatic carbocycles. The molecule has 1 aromatic carbocycles. The SMILES string of the molecule is CCn1cc(S(=O)(=O)N2C[C@@H](CN)[C@H](c3ccccc3)C2)nc1C.Cl. The molecule has 1 aromatic heterocycles. The number of nitrogens with zero attached hydrogens (tertiary/aromatic N) is 3. The third-order valence-corrected chi connectivity index (χ3v) is 6.54. The molecule has 0 bridgehead atoms. The maximum atomic E-state index is 13.0. The number of sulfonamides is 1. The number of benzene rings is 1. The van der Waals surface area contributed by atoms with Gasteiger partial charge in [-0.25, -0.2) is 13.4 Å². The summed E-state index contributed by atoms with van der Waals surface area (Å²) >= 11 is 0. The molecule has 2 N–H and O–H groups in total. The number of rotatable bonds is 5. The van der Waals surface area contributed by atoms with Crippen molar-refractivity contribution in [2.75, 3.05) is 19.6 Å². The van der Waals surface area contributed by atoms with E-state index in [1.54, 1.807) is 6.20 Å². The molecular formula is C17H25ClN4O2S. The summed E-state index contributed by atoms with van der Waals surface area (Å²) in [6.07, 6.45) is 1.62. The second-order valence-corrected chi connectivity index (χ2v) is 8.13. The first kappa shape index (κ1) is 19.9. The quantitative estimate of drug-likeness (QED) is 0.854. The van der Waals surface area contributed by atoms with Crippen LogP contribution in [0, 0.1) is 12.8 Å². The predicted octanol–water partition coefficient (Wildman–Crippen LogP) is 2.00. The summed E-state index contributed by atoms with van der Waals surface area (Å²) in [6, 6.07) is 10.0. The van der Waals surface area contributed by atoms with Gasteiger partial charge in [-0.2, -0.15) is 4.31 Å². The highest BCUT2D eigenvalue weighted by Crippen LogP contribution is 2.34. The Balaban J connectivity index is 0.00000225. The van der Waals surface area contributed by atoms with Crippen molar-refractivity contribution in [2.45, 2.75) is 31.3 Å². The van der Waals surface area contributed by atoms with Gasteiger partial charge < -0.3 is 10.3 Å². The number of imidazole rings is 1. The Hall–Kier alpha value is -1.41. The van der Waals surface area contributed by atoms with Gasteiger partial charge in [0.25, 0.3) is 10.0 Å². The molecule has 138 valence electrons. The second-order valence-electron chi connectivity index (χ2n) is 6.25. The van der Waals surface area contributed by atoms with Crippen molar-refractivity contribution < 1.29 is 8.42 Å². The normalized spacial score (nSPS) is 21.2. The zero-order chi connectivity index (χ0) is 17.3. The van der Waals surface area contributed by atoms with E-state index in [1.807, 2.05) is 48.7 Å². The number of nitrogens with two attached hydrogens (primary N) is 1. The summed E-state index contributed by atoms with van der Waals surface area (Å²) in [7, 11) is -3.59. The lowest BCUT2D eigenvalue weighted by atomic mass is 9.89. The van der Waals surface area contributed by atoms with Gasteiger partial charge in [-0.1, -0.05) is 30.3 Å². The van der Waals surface area contributed by atoms with E-state index >= 15 is 0 Å². The monoisotopic (exact) mass is 384 g/mol. The molecule has 0 unspecified atom stereocenters. The fourth-order valence-electron chi connectivity index (χ4n) is 3.40. The molecule has 1 fully saturated rings. The van der Waals surface area contributed by atoms with Crippen LogP contribution < -0.4 is 5.73 Å². The van der Waals surface area contributed by atoms with Crippen LogP contribution in [0.2, 0.25) is 0 Å². The molecule has 3 rings (SSSR count). The van der Waals surface area contributed by atoms with E-state index in [4.69, 9.17) is 5.73 Å². The molecule has 1 aliphatic heterocycles. The van der Waals surface area contributed by atoms with E-state index in [-0.39, 0.29) is 29.3 Å². The van der Waals surface area contributed by atoms with E-state index in [1.165, 1.54) is 4.31 Å². The minimum atomic E-state index is -3.59. The Morgan fingerprint density at radius 2 is 1.92 bits per heavy atom. The van der Waals surface area contributed by atoms with Crippen LogP contribution >= 0.6 is 12.4 Å². The standard InChI is InChI=1S/C17H24N4O2S.ClH/c1-3-20-12-17(19-13(20)2)24(22,23)21-10-15(9-18)16(11-21)14-7-5-4-6-8-14;/h4-8,12,15-16H,3,9-11,18H2,1-2H3;1H/t15-,16+;/m1./s1. The first-order chi connectivity index (χ1) is 11.5. The van der Waals surface area contributed by atoms with Crippen LogP contribution in [0.25, 0.3) is 0 Å². The van der Waals surface area contributed by atoms with Gasteiger partial charge in [-0.15, -0.1) is 12.4 Å². The maximum absolute atomic E-state index is 13.0. The predicted molar refractivity (Wildman–Crippen MR) is 100 cm³/mol. The van der Waals surface area contributed by atoms with Gasteiger partial charge in [0.15, 0.2) is 5.03 Å². The molecule has 2 aromatic rings. The summed E-state index contributed by atoms with van der Waals surface area (Å²) in [4.78, 5) is 4.25. The fourth-order valence-corrected chi connectivity index (χ4v) is 4.92. The average molecular weight is 385 g/mol. The summed E-state index contributed by atoms with van der Waals surface area (Å²) in [5.41, 5.74) is 7.05. The largest absolute Gasteiger partial charge is 0.334 e. The van der Waals surface area contributed by atoms with Crippen molar-refractivity contribution in [2.24, 2.45) is 11.7 Å². The van der Waals surface area contributed by atoms with Gasteiger partial charge in [0, 0.05) is 31.7 Å². The summed E-state index contributed by atoms with van der Waals surface area (Å²) < 4.78 is 29.3. The number of hydrogen-bond acceptors (Lipinski definition) is 4. The van der Waals surface area contributed by atoms with Gasteiger partial charge in [0.1, 0.15) is 5.82 Å². The number of aromatic nitrogens is 2. The van der Waals surface area contributed by atoms with Crippen LogP contribution in [0.15, 0.2) is 41.6 Å². The van der Waals surface area contributed by atoms with Crippen molar-refractivity contribution >= 4 is 22.4 Å². The van der Waals surface area contributed by atoms with Crippen molar-refractivity contribution in [1.29, 1.82) is 0 Å². The van der Waals surface area contributed by atoms with Crippen molar-refractivity contribution in [3.8, 4) is 0 Å². The molecule has 2 heterocycles. The van der Waals surface area contributed by atoms with Crippen LogP contribution in [0.5, 0.6) is 0 Å². The summed E-state index contributed by atoms with van der Waals surface area (Å²) in [5, 5.41) is 0.131. The molecule has 0 spiro atoms. The minimum Gasteiger partial charge on any atom is -0.334 e. The Bertz CT molecular complexity index is 807. The van der Waals surface area contributed by atoms with Crippen molar-refractivity contribution in [3.05, 3.63) is 47.9 Å². The molecule has 6 nitrogen and oxygen atoms in total. The lowest BCUT2D eigenvalue weighted by Crippen LogP contribution is -2.30. The Labute approximate surface area is 155 Å². The van der Waals surface area contributed by atoms with E-state index in [0.717, 1.165) is 5.56 Å². The Morgan fingerprint density at radius 1 is 1.24 bits per heavy atom. The average Bonchev–Trinajstić information content (AvgIpc) is 3.19. The molecule has 1 aliphatic rings. The lowest BCUT2D eigenvalue weighted by molar-refractivity contribution is 0.456. The molecule has 0 saturated carbocycles. The van der Waals surface area contributed by atoms with Crippen molar-refractivity contribution in [1.82, 2.24) is 13.9 Å². The summed E-state index contributed by atoms with van der Waals surface area (Å²) in [5.74, 6) is 0.960. The summed E-state index contributed by atoms with van der Waals surface area (Å²) in [6.45, 7) is 5.85. The molecule has 25 heavy (non-hydrogen) atoms. The second kappa shape index (κ2) is 7.86. The van der Waals surface area contributed by atoms with Gasteiger partial charge >= 0.3 is 0 Å². The molecule has 2 atom stereocenters. The molecule has 0 radical (unpaired) electrons. The van der Waals surface area contributed by atoms with Gasteiger partial charge in [-0.3, -0.25) is 0 Å². The van der Waals surface area contributed by atoms with Gasteiger partial charge in [-0.05, 0) is 31.9 Å². The fraction of sp³-hybridized carbons (Fsp3) is 0.471. The zero-order valence-corrected chi connectivity index (χ0v) is 16.1. The highest BCUT2D eigenvalue weighted by molar-refractivity contribution is 7.89.